The van der Waals surface area contributed by atoms with E-state index in [0.29, 0.717) is 5.69 Å². The Morgan fingerprint density at radius 2 is 2.12 bits per heavy atom. The fraction of sp³-hybridized carbons (Fsp3) is 0.600. The van der Waals surface area contributed by atoms with Crippen molar-refractivity contribution in [2.45, 2.75) is 32.7 Å². The topological polar surface area (TPSA) is 61.0 Å². The number of rotatable bonds is 4. The van der Waals surface area contributed by atoms with Gasteiger partial charge >= 0.3 is 6.18 Å². The molecule has 0 aliphatic heterocycles. The van der Waals surface area contributed by atoms with Crippen molar-refractivity contribution in [2.24, 2.45) is 5.73 Å². The Kier molecular flexibility index (Phi) is 4.41. The van der Waals surface area contributed by atoms with E-state index in [9.17, 15) is 13.2 Å². The third kappa shape index (κ3) is 4.66. The number of nitrogens with two attached hydrogens (primary N) is 1. The summed E-state index contributed by atoms with van der Waals surface area (Å²) in [6, 6.07) is -0.208. The second-order valence-electron chi connectivity index (χ2n) is 3.72. The zero-order valence-corrected chi connectivity index (χ0v) is 9.58. The van der Waals surface area contributed by atoms with Gasteiger partial charge in [-0.25, -0.2) is 9.97 Å². The summed E-state index contributed by atoms with van der Waals surface area (Å²) in [7, 11) is 0. The summed E-state index contributed by atoms with van der Waals surface area (Å²) < 4.78 is 39.9. The predicted octanol–water partition coefficient (Wildman–Crippen LogP) is 1.88. The fourth-order valence-corrected chi connectivity index (χ4v) is 1.30. The van der Waals surface area contributed by atoms with E-state index in [0.717, 1.165) is 5.56 Å². The van der Waals surface area contributed by atoms with Gasteiger partial charge < -0.3 is 10.5 Å². The summed E-state index contributed by atoms with van der Waals surface area (Å²) in [4.78, 5) is 7.93. The fourth-order valence-electron chi connectivity index (χ4n) is 1.30. The number of hydrogen-bond donors (Lipinski definition) is 1. The molecule has 0 bridgehead atoms. The standard InChI is InChI=1S/C10H14F3N3O/c1-6(14)8-3-15-9(16-7(8)2)4-17-5-10(11,12)13/h3,6H,4-5,14H2,1-2H3/t6-/m1/s1. The van der Waals surface area contributed by atoms with Crippen LogP contribution in [0.25, 0.3) is 0 Å². The number of aromatic nitrogens is 2. The molecule has 1 rings (SSSR count). The molecule has 0 aromatic carbocycles. The summed E-state index contributed by atoms with van der Waals surface area (Å²) in [5, 5.41) is 0. The largest absolute Gasteiger partial charge is 0.411 e. The first-order valence-corrected chi connectivity index (χ1v) is 5.02. The Morgan fingerprint density at radius 3 is 2.59 bits per heavy atom. The molecular formula is C10H14F3N3O. The molecule has 1 atom stereocenters. The molecule has 0 fully saturated rings. The van der Waals surface area contributed by atoms with Crippen LogP contribution in [0, 0.1) is 6.92 Å². The molecule has 1 aromatic rings. The van der Waals surface area contributed by atoms with Crippen LogP contribution in [0.15, 0.2) is 6.20 Å². The van der Waals surface area contributed by atoms with Crippen LogP contribution in [-0.2, 0) is 11.3 Å². The number of nitrogens with zero attached hydrogens (tertiary/aromatic N) is 2. The van der Waals surface area contributed by atoms with Gasteiger partial charge in [-0.15, -0.1) is 0 Å². The molecule has 0 saturated heterocycles. The quantitative estimate of drug-likeness (QED) is 0.885. The molecule has 0 spiro atoms. The number of aryl methyl sites for hydroxylation is 1. The van der Waals surface area contributed by atoms with Crippen molar-refractivity contribution >= 4 is 0 Å². The highest BCUT2D eigenvalue weighted by Gasteiger charge is 2.27. The van der Waals surface area contributed by atoms with Gasteiger partial charge in [0.25, 0.3) is 0 Å². The highest BCUT2D eigenvalue weighted by molar-refractivity contribution is 5.19. The number of halogens is 3. The van der Waals surface area contributed by atoms with Gasteiger partial charge in [0, 0.05) is 23.5 Å². The minimum atomic E-state index is -4.33. The van der Waals surface area contributed by atoms with Gasteiger partial charge in [0.15, 0.2) is 5.82 Å². The molecular weight excluding hydrogens is 235 g/mol. The second-order valence-corrected chi connectivity index (χ2v) is 3.72. The van der Waals surface area contributed by atoms with E-state index in [2.05, 4.69) is 14.7 Å². The smallest absolute Gasteiger partial charge is 0.364 e. The highest BCUT2D eigenvalue weighted by atomic mass is 19.4. The zero-order chi connectivity index (χ0) is 13.1. The van der Waals surface area contributed by atoms with Crippen molar-refractivity contribution in [1.82, 2.24) is 9.97 Å². The normalized spacial score (nSPS) is 13.8. The van der Waals surface area contributed by atoms with Crippen LogP contribution in [0.5, 0.6) is 0 Å². The molecule has 7 heteroatoms. The first-order valence-electron chi connectivity index (χ1n) is 5.02. The monoisotopic (exact) mass is 249 g/mol. The van der Waals surface area contributed by atoms with E-state index in [1.165, 1.54) is 6.20 Å². The van der Waals surface area contributed by atoms with Crippen LogP contribution in [0.2, 0.25) is 0 Å². The molecule has 0 amide bonds. The molecule has 0 saturated carbocycles. The molecule has 17 heavy (non-hydrogen) atoms. The summed E-state index contributed by atoms with van der Waals surface area (Å²) in [6.07, 6.45) is -2.82. The van der Waals surface area contributed by atoms with Gasteiger partial charge in [-0.05, 0) is 13.8 Å². The maximum Gasteiger partial charge on any atom is 0.411 e. The summed E-state index contributed by atoms with van der Waals surface area (Å²) >= 11 is 0. The van der Waals surface area contributed by atoms with Crippen molar-refractivity contribution in [3.05, 3.63) is 23.3 Å². The van der Waals surface area contributed by atoms with E-state index >= 15 is 0 Å². The van der Waals surface area contributed by atoms with Crippen LogP contribution >= 0.6 is 0 Å². The maximum absolute atomic E-state index is 11.8. The molecule has 96 valence electrons. The SMILES string of the molecule is Cc1nc(COCC(F)(F)F)ncc1[C@@H](C)N. The van der Waals surface area contributed by atoms with E-state index in [-0.39, 0.29) is 18.5 Å². The van der Waals surface area contributed by atoms with Crippen LogP contribution < -0.4 is 5.73 Å². The van der Waals surface area contributed by atoms with Crippen molar-refractivity contribution in [2.75, 3.05) is 6.61 Å². The first-order chi connectivity index (χ1) is 7.79. The third-order valence-electron chi connectivity index (χ3n) is 2.05. The van der Waals surface area contributed by atoms with Crippen molar-refractivity contribution in [1.29, 1.82) is 0 Å². The van der Waals surface area contributed by atoms with Gasteiger partial charge in [0.2, 0.25) is 0 Å². The lowest BCUT2D eigenvalue weighted by Crippen LogP contribution is -2.17. The molecule has 1 heterocycles. The Bertz CT molecular complexity index is 380. The molecule has 4 nitrogen and oxygen atoms in total. The zero-order valence-electron chi connectivity index (χ0n) is 9.58. The summed E-state index contributed by atoms with van der Waals surface area (Å²) in [6.45, 7) is 1.95. The lowest BCUT2D eigenvalue weighted by Gasteiger charge is -2.10. The van der Waals surface area contributed by atoms with Gasteiger partial charge in [0.05, 0.1) is 0 Å². The minimum absolute atomic E-state index is 0.208. The van der Waals surface area contributed by atoms with Crippen molar-refractivity contribution < 1.29 is 17.9 Å². The predicted molar refractivity (Wildman–Crippen MR) is 55.1 cm³/mol. The lowest BCUT2D eigenvalue weighted by molar-refractivity contribution is -0.177. The lowest BCUT2D eigenvalue weighted by atomic mass is 10.1. The molecule has 0 aliphatic rings. The Hall–Kier alpha value is -1.21. The van der Waals surface area contributed by atoms with E-state index in [4.69, 9.17) is 5.73 Å². The van der Waals surface area contributed by atoms with Gasteiger partial charge in [0.1, 0.15) is 13.2 Å². The molecule has 0 aliphatic carbocycles. The van der Waals surface area contributed by atoms with Crippen molar-refractivity contribution in [3.8, 4) is 0 Å². The van der Waals surface area contributed by atoms with Gasteiger partial charge in [-0.3, -0.25) is 0 Å². The first kappa shape index (κ1) is 13.9. The number of alkyl halides is 3. The Labute approximate surface area is 97.0 Å². The summed E-state index contributed by atoms with van der Waals surface area (Å²) in [5.41, 5.74) is 7.08. The number of ether oxygens (including phenoxy) is 1. The van der Waals surface area contributed by atoms with Crippen molar-refractivity contribution in [3.63, 3.8) is 0 Å². The summed E-state index contributed by atoms with van der Waals surface area (Å²) in [5.74, 6) is 0.219. The second kappa shape index (κ2) is 5.42. The average molecular weight is 249 g/mol. The van der Waals surface area contributed by atoms with Crippen LogP contribution in [0.4, 0.5) is 13.2 Å². The van der Waals surface area contributed by atoms with E-state index in [1.54, 1.807) is 13.8 Å². The Morgan fingerprint density at radius 1 is 1.47 bits per heavy atom. The van der Waals surface area contributed by atoms with Crippen LogP contribution in [0.3, 0.4) is 0 Å². The van der Waals surface area contributed by atoms with E-state index in [1.807, 2.05) is 0 Å². The third-order valence-corrected chi connectivity index (χ3v) is 2.05. The molecule has 0 radical (unpaired) electrons. The van der Waals surface area contributed by atoms with Gasteiger partial charge in [-0.2, -0.15) is 13.2 Å². The maximum atomic E-state index is 11.8. The van der Waals surface area contributed by atoms with Gasteiger partial charge in [-0.1, -0.05) is 0 Å². The molecule has 0 unspecified atom stereocenters. The molecule has 2 N–H and O–H groups in total. The molecule has 1 aromatic heterocycles. The average Bonchev–Trinajstić information content (AvgIpc) is 2.15. The van der Waals surface area contributed by atoms with Crippen LogP contribution in [0.1, 0.15) is 30.0 Å². The minimum Gasteiger partial charge on any atom is -0.364 e. The number of hydrogen-bond acceptors (Lipinski definition) is 4. The van der Waals surface area contributed by atoms with E-state index < -0.39 is 12.8 Å². The van der Waals surface area contributed by atoms with Crippen LogP contribution in [-0.4, -0.2) is 22.8 Å². The highest BCUT2D eigenvalue weighted by Crippen LogP contribution is 2.16. The Balaban J connectivity index is 2.59.